The molecule has 0 saturated heterocycles. The molecule has 0 amide bonds. The summed E-state index contributed by atoms with van der Waals surface area (Å²) in [7, 11) is 0. The zero-order chi connectivity index (χ0) is 27.2. The second-order valence-corrected chi connectivity index (χ2v) is 20.0. The molecule has 0 unspecified atom stereocenters. The summed E-state index contributed by atoms with van der Waals surface area (Å²) in [6.45, 7) is 4.56. The summed E-state index contributed by atoms with van der Waals surface area (Å²) >= 11 is -3.72. The van der Waals surface area contributed by atoms with Crippen LogP contribution in [0.2, 0.25) is 8.87 Å². The van der Waals surface area contributed by atoms with E-state index in [9.17, 15) is 0 Å². The molecule has 0 N–H and O–H groups in total. The van der Waals surface area contributed by atoms with Gasteiger partial charge in [0.2, 0.25) is 0 Å². The van der Waals surface area contributed by atoms with Gasteiger partial charge in [0.05, 0.1) is 0 Å². The summed E-state index contributed by atoms with van der Waals surface area (Å²) in [6.07, 6.45) is 18.9. The van der Waals surface area contributed by atoms with Crippen molar-refractivity contribution in [3.63, 3.8) is 0 Å². The maximum atomic E-state index is 7.22. The number of aromatic nitrogens is 2. The summed E-state index contributed by atoms with van der Waals surface area (Å²) in [6, 6.07) is 20.8. The van der Waals surface area contributed by atoms with Gasteiger partial charge in [-0.05, 0) is 0 Å². The standard InChI is InChI=1S/2C9H7NO.2C8H17.Sn/c2*11-8-5-1-3-7-4-2-6-10-9(7)8;2*1-3-5-7-8-6-4-2;/h2*1-6,11H;2*1,3-8H2,2H3;/q;;;;+2/p-2. The summed E-state index contributed by atoms with van der Waals surface area (Å²) < 4.78 is 16.5. The maximum absolute atomic E-state index is 7.22. The van der Waals surface area contributed by atoms with Gasteiger partial charge in [0, 0.05) is 0 Å². The van der Waals surface area contributed by atoms with Gasteiger partial charge in [-0.25, -0.2) is 0 Å². The predicted octanol–water partition coefficient (Wildman–Crippen LogP) is 10.4. The number of hydrogen-bond acceptors (Lipinski definition) is 4. The molecule has 0 fully saturated rings. The molecule has 4 nitrogen and oxygen atoms in total. The minimum atomic E-state index is -3.72. The van der Waals surface area contributed by atoms with Crippen molar-refractivity contribution in [2.24, 2.45) is 0 Å². The number of unbranched alkanes of at least 4 members (excludes halogenated alkanes) is 10. The molecule has 2 aromatic carbocycles. The Labute approximate surface area is 240 Å². The Hall–Kier alpha value is -2.34. The zero-order valence-corrected chi connectivity index (χ0v) is 26.9. The molecule has 0 saturated carbocycles. The second kappa shape index (κ2) is 16.1. The van der Waals surface area contributed by atoms with Crippen molar-refractivity contribution in [3.05, 3.63) is 73.1 Å². The van der Waals surface area contributed by atoms with Crippen LogP contribution in [0.25, 0.3) is 21.8 Å². The first-order valence-corrected chi connectivity index (χ1v) is 21.7. The van der Waals surface area contributed by atoms with Gasteiger partial charge in [-0.1, -0.05) is 0 Å². The van der Waals surface area contributed by atoms with Crippen molar-refractivity contribution in [2.75, 3.05) is 0 Å². The van der Waals surface area contributed by atoms with Crippen LogP contribution in [-0.2, 0) is 0 Å². The number of rotatable bonds is 18. The van der Waals surface area contributed by atoms with Gasteiger partial charge >= 0.3 is 241 Å². The van der Waals surface area contributed by atoms with E-state index >= 15 is 0 Å². The fraction of sp³-hybridized carbons (Fsp3) is 0.471. The summed E-state index contributed by atoms with van der Waals surface area (Å²) in [4.78, 5) is 9.45. The Kier molecular flexibility index (Phi) is 12.2. The molecule has 0 bridgehead atoms. The van der Waals surface area contributed by atoms with Crippen molar-refractivity contribution in [1.82, 2.24) is 9.97 Å². The third kappa shape index (κ3) is 8.82. The molecule has 4 aromatic rings. The molecule has 208 valence electrons. The molecule has 5 heteroatoms. The first-order chi connectivity index (χ1) is 19.2. The Morgan fingerprint density at radius 1 is 0.513 bits per heavy atom. The van der Waals surface area contributed by atoms with Gasteiger partial charge in [-0.3, -0.25) is 0 Å². The van der Waals surface area contributed by atoms with Crippen molar-refractivity contribution in [3.8, 4) is 11.5 Å². The van der Waals surface area contributed by atoms with Crippen LogP contribution in [0.5, 0.6) is 11.5 Å². The summed E-state index contributed by atoms with van der Waals surface area (Å²) in [5.74, 6) is 1.77. The monoisotopic (exact) mass is 634 g/mol. The number of fused-ring (bicyclic) bond motifs is 2. The van der Waals surface area contributed by atoms with Crippen LogP contribution in [0.1, 0.15) is 90.9 Å². The van der Waals surface area contributed by atoms with E-state index in [0.717, 1.165) is 55.0 Å². The Bertz CT molecular complexity index is 1170. The first kappa shape index (κ1) is 29.6. The van der Waals surface area contributed by atoms with Gasteiger partial charge in [0.25, 0.3) is 0 Å². The van der Waals surface area contributed by atoms with Gasteiger partial charge in [-0.2, -0.15) is 0 Å². The summed E-state index contributed by atoms with van der Waals surface area (Å²) in [5.41, 5.74) is 1.87. The normalized spacial score (nSPS) is 11.7. The first-order valence-electron chi connectivity index (χ1n) is 15.3. The molecule has 0 atom stereocenters. The SMILES string of the molecule is CCCCCCC[CH2][Sn]([CH2]CCCCCCC)([O]c1cccc2cccnc12)[O]c1cccc2cccnc12. The molecule has 0 aliphatic heterocycles. The van der Waals surface area contributed by atoms with E-state index in [1.54, 1.807) is 0 Å². The van der Waals surface area contributed by atoms with Crippen molar-refractivity contribution >= 4 is 41.0 Å². The Morgan fingerprint density at radius 2 is 0.923 bits per heavy atom. The molecule has 0 spiro atoms. The minimum absolute atomic E-state index is 0.883. The van der Waals surface area contributed by atoms with Crippen LogP contribution in [0.4, 0.5) is 0 Å². The number of benzene rings is 2. The number of pyridine rings is 2. The van der Waals surface area contributed by atoms with E-state index in [1.807, 2.05) is 24.5 Å². The van der Waals surface area contributed by atoms with E-state index in [4.69, 9.17) is 16.1 Å². The number of para-hydroxylation sites is 2. The molecule has 0 aliphatic carbocycles. The van der Waals surface area contributed by atoms with Crippen LogP contribution in [0.15, 0.2) is 73.1 Å². The van der Waals surface area contributed by atoms with Crippen molar-refractivity contribution in [1.29, 1.82) is 0 Å². The molecule has 4 rings (SSSR count). The quantitative estimate of drug-likeness (QED) is 0.0808. The van der Waals surface area contributed by atoms with E-state index in [2.05, 4.69) is 62.4 Å². The molecule has 0 aliphatic rings. The molecule has 0 radical (unpaired) electrons. The topological polar surface area (TPSA) is 44.2 Å². The van der Waals surface area contributed by atoms with Gasteiger partial charge < -0.3 is 0 Å². The molecule has 2 aromatic heterocycles. The molecule has 39 heavy (non-hydrogen) atoms. The van der Waals surface area contributed by atoms with Gasteiger partial charge in [0.15, 0.2) is 0 Å². The van der Waals surface area contributed by atoms with E-state index in [1.165, 1.54) is 64.2 Å². The van der Waals surface area contributed by atoms with Crippen LogP contribution >= 0.6 is 0 Å². The van der Waals surface area contributed by atoms with E-state index < -0.39 is 19.2 Å². The third-order valence-electron chi connectivity index (χ3n) is 7.61. The zero-order valence-electron chi connectivity index (χ0n) is 24.0. The van der Waals surface area contributed by atoms with E-state index in [0.29, 0.717) is 0 Å². The third-order valence-corrected chi connectivity index (χ3v) is 17.4. The molecular weight excluding hydrogens is 587 g/mol. The van der Waals surface area contributed by atoms with Crippen LogP contribution in [0, 0.1) is 0 Å². The molecular formula is C34H46N2O2Sn. The number of hydrogen-bond donors (Lipinski definition) is 0. The Balaban J connectivity index is 1.65. The summed E-state index contributed by atoms with van der Waals surface area (Å²) in [5, 5.41) is 2.22. The van der Waals surface area contributed by atoms with Crippen LogP contribution < -0.4 is 6.15 Å². The average Bonchev–Trinajstić information content (AvgIpc) is 2.97. The van der Waals surface area contributed by atoms with Crippen LogP contribution in [0.3, 0.4) is 0 Å². The van der Waals surface area contributed by atoms with Gasteiger partial charge in [0.1, 0.15) is 0 Å². The number of nitrogens with zero attached hydrogens (tertiary/aromatic N) is 2. The van der Waals surface area contributed by atoms with E-state index in [-0.39, 0.29) is 0 Å². The predicted molar refractivity (Wildman–Crippen MR) is 167 cm³/mol. The fourth-order valence-electron chi connectivity index (χ4n) is 5.42. The second-order valence-electron chi connectivity index (χ2n) is 10.8. The Morgan fingerprint density at radius 3 is 1.38 bits per heavy atom. The average molecular weight is 633 g/mol. The van der Waals surface area contributed by atoms with Crippen molar-refractivity contribution in [2.45, 2.75) is 99.8 Å². The van der Waals surface area contributed by atoms with Crippen LogP contribution in [-0.4, -0.2) is 29.2 Å². The fourth-order valence-corrected chi connectivity index (χ4v) is 15.1. The van der Waals surface area contributed by atoms with Crippen molar-refractivity contribution < 1.29 is 6.15 Å². The molecule has 2 heterocycles. The van der Waals surface area contributed by atoms with Gasteiger partial charge in [-0.15, -0.1) is 0 Å².